The molecule has 0 aliphatic heterocycles. The zero-order valence-corrected chi connectivity index (χ0v) is 17.7. The second kappa shape index (κ2) is 10.2. The number of aromatic nitrogens is 3. The van der Waals surface area contributed by atoms with Crippen LogP contribution in [0.3, 0.4) is 0 Å². The van der Waals surface area contributed by atoms with Crippen LogP contribution in [-0.4, -0.2) is 45.5 Å². The van der Waals surface area contributed by atoms with Crippen molar-refractivity contribution in [3.63, 3.8) is 0 Å². The van der Waals surface area contributed by atoms with Crippen LogP contribution in [0.4, 0.5) is 0 Å². The van der Waals surface area contributed by atoms with E-state index in [9.17, 15) is 5.11 Å². The highest BCUT2D eigenvalue weighted by atomic mass is 16.3. The number of hydrogen-bond donors (Lipinski definition) is 3. The lowest BCUT2D eigenvalue weighted by atomic mass is 9.86. The van der Waals surface area contributed by atoms with E-state index in [1.807, 2.05) is 23.6 Å². The summed E-state index contributed by atoms with van der Waals surface area (Å²) in [6.07, 6.45) is 1.97. The van der Waals surface area contributed by atoms with Crippen LogP contribution < -0.4 is 10.6 Å². The highest BCUT2D eigenvalue weighted by molar-refractivity contribution is 5.79. The van der Waals surface area contributed by atoms with Crippen molar-refractivity contribution in [3.8, 4) is 0 Å². The largest absolute Gasteiger partial charge is 0.386 e. The molecule has 1 heterocycles. The molecule has 2 rings (SSSR count). The van der Waals surface area contributed by atoms with Crippen molar-refractivity contribution in [1.82, 2.24) is 25.4 Å². The van der Waals surface area contributed by atoms with Gasteiger partial charge in [0.25, 0.3) is 0 Å². The lowest BCUT2D eigenvalue weighted by Crippen LogP contribution is -2.39. The van der Waals surface area contributed by atoms with E-state index in [0.717, 1.165) is 30.9 Å². The van der Waals surface area contributed by atoms with Gasteiger partial charge in [0.2, 0.25) is 0 Å². The van der Waals surface area contributed by atoms with Crippen molar-refractivity contribution in [2.75, 3.05) is 19.6 Å². The topological polar surface area (TPSA) is 87.4 Å². The van der Waals surface area contributed by atoms with Crippen LogP contribution in [0.25, 0.3) is 0 Å². The highest BCUT2D eigenvalue weighted by Crippen LogP contribution is 2.24. The Morgan fingerprint density at radius 3 is 2.50 bits per heavy atom. The molecule has 1 atom stereocenters. The first-order valence-corrected chi connectivity index (χ1v) is 10.0. The Morgan fingerprint density at radius 2 is 1.89 bits per heavy atom. The molecule has 1 aromatic carbocycles. The molecule has 0 saturated carbocycles. The van der Waals surface area contributed by atoms with Crippen LogP contribution in [0, 0.1) is 0 Å². The molecular formula is C21H34N6O. The number of benzene rings is 1. The summed E-state index contributed by atoms with van der Waals surface area (Å²) in [5.74, 6) is 1.66. The zero-order valence-electron chi connectivity index (χ0n) is 17.7. The summed E-state index contributed by atoms with van der Waals surface area (Å²) in [6.45, 7) is 13.2. The fraction of sp³-hybridized carbons (Fsp3) is 0.571. The van der Waals surface area contributed by atoms with Crippen LogP contribution >= 0.6 is 0 Å². The standard InChI is InChI=1S/C21H34N6O/c1-6-19-26-25-15-27(19)13-12-23-20(22-7-2)24-14-18(28)16-8-10-17(11-9-16)21(3,4)5/h8-11,15,18,28H,6-7,12-14H2,1-5H3,(H2,22,23,24). The molecule has 154 valence electrons. The van der Waals surface area contributed by atoms with E-state index in [1.165, 1.54) is 5.56 Å². The van der Waals surface area contributed by atoms with Crippen molar-refractivity contribution < 1.29 is 5.11 Å². The third-order valence-electron chi connectivity index (χ3n) is 4.59. The SMILES string of the molecule is CCNC(=NCC(O)c1ccc(C(C)(C)C)cc1)NCCn1cnnc1CC. The maximum atomic E-state index is 10.5. The minimum absolute atomic E-state index is 0.103. The van der Waals surface area contributed by atoms with Gasteiger partial charge in [0, 0.05) is 26.1 Å². The Bertz CT molecular complexity index is 745. The van der Waals surface area contributed by atoms with Gasteiger partial charge in [-0.1, -0.05) is 52.0 Å². The molecule has 3 N–H and O–H groups in total. The Labute approximate surface area is 168 Å². The molecule has 0 bridgehead atoms. The first-order chi connectivity index (χ1) is 13.3. The number of hydrogen-bond acceptors (Lipinski definition) is 4. The van der Waals surface area contributed by atoms with Gasteiger partial charge in [-0.25, -0.2) is 0 Å². The minimum Gasteiger partial charge on any atom is -0.386 e. The lowest BCUT2D eigenvalue weighted by Gasteiger charge is -2.20. The normalized spacial score (nSPS) is 13.4. The summed E-state index contributed by atoms with van der Waals surface area (Å²) >= 11 is 0. The molecule has 7 heteroatoms. The second-order valence-corrected chi connectivity index (χ2v) is 7.83. The molecule has 0 radical (unpaired) electrons. The number of aryl methyl sites for hydroxylation is 1. The van der Waals surface area contributed by atoms with Gasteiger partial charge in [-0.2, -0.15) is 0 Å². The number of rotatable bonds is 8. The lowest BCUT2D eigenvalue weighted by molar-refractivity contribution is 0.187. The molecule has 0 spiro atoms. The van der Waals surface area contributed by atoms with Crippen LogP contribution in [0.2, 0.25) is 0 Å². The maximum absolute atomic E-state index is 10.5. The van der Waals surface area contributed by atoms with Gasteiger partial charge in [-0.15, -0.1) is 10.2 Å². The van der Waals surface area contributed by atoms with Gasteiger partial charge < -0.3 is 20.3 Å². The third-order valence-corrected chi connectivity index (χ3v) is 4.59. The van der Waals surface area contributed by atoms with E-state index in [-0.39, 0.29) is 5.41 Å². The molecule has 0 aliphatic rings. The number of aliphatic hydroxyl groups is 1. The summed E-state index contributed by atoms with van der Waals surface area (Å²) in [4.78, 5) is 4.53. The van der Waals surface area contributed by atoms with Crippen molar-refractivity contribution in [3.05, 3.63) is 47.5 Å². The summed E-state index contributed by atoms with van der Waals surface area (Å²) < 4.78 is 2.03. The van der Waals surface area contributed by atoms with E-state index in [1.54, 1.807) is 6.33 Å². The quantitative estimate of drug-likeness (QED) is 0.479. The van der Waals surface area contributed by atoms with Crippen LogP contribution in [0.1, 0.15) is 57.7 Å². The van der Waals surface area contributed by atoms with E-state index in [2.05, 4.69) is 65.7 Å². The Balaban J connectivity index is 1.91. The smallest absolute Gasteiger partial charge is 0.191 e. The molecule has 28 heavy (non-hydrogen) atoms. The summed E-state index contributed by atoms with van der Waals surface area (Å²) in [5.41, 5.74) is 2.23. The molecule has 1 aromatic heterocycles. The monoisotopic (exact) mass is 386 g/mol. The highest BCUT2D eigenvalue weighted by Gasteiger charge is 2.14. The number of nitrogens with zero attached hydrogens (tertiary/aromatic N) is 4. The summed E-state index contributed by atoms with van der Waals surface area (Å²) in [7, 11) is 0. The molecular weight excluding hydrogens is 352 g/mol. The van der Waals surface area contributed by atoms with Gasteiger partial charge in [0.1, 0.15) is 12.2 Å². The summed E-state index contributed by atoms with van der Waals surface area (Å²) in [6, 6.07) is 8.13. The zero-order chi connectivity index (χ0) is 20.6. The van der Waals surface area contributed by atoms with Gasteiger partial charge in [-0.3, -0.25) is 4.99 Å². The predicted molar refractivity (Wildman–Crippen MR) is 113 cm³/mol. The minimum atomic E-state index is -0.631. The third kappa shape index (κ3) is 6.34. The molecule has 0 amide bonds. The summed E-state index contributed by atoms with van der Waals surface area (Å²) in [5, 5.41) is 25.0. The van der Waals surface area contributed by atoms with Crippen LogP contribution in [-0.2, 0) is 18.4 Å². The van der Waals surface area contributed by atoms with E-state index in [0.29, 0.717) is 19.0 Å². The van der Waals surface area contributed by atoms with E-state index < -0.39 is 6.10 Å². The van der Waals surface area contributed by atoms with Crippen LogP contribution in [0.15, 0.2) is 35.6 Å². The fourth-order valence-electron chi connectivity index (χ4n) is 2.86. The first-order valence-electron chi connectivity index (χ1n) is 10.0. The van der Waals surface area contributed by atoms with Gasteiger partial charge in [0.05, 0.1) is 12.6 Å². The molecule has 0 fully saturated rings. The van der Waals surface area contributed by atoms with E-state index in [4.69, 9.17) is 0 Å². The molecule has 0 aliphatic carbocycles. The van der Waals surface area contributed by atoms with Gasteiger partial charge in [0.15, 0.2) is 5.96 Å². The van der Waals surface area contributed by atoms with Crippen molar-refractivity contribution >= 4 is 5.96 Å². The average molecular weight is 387 g/mol. The Morgan fingerprint density at radius 1 is 1.18 bits per heavy atom. The van der Waals surface area contributed by atoms with Gasteiger partial charge in [-0.05, 0) is 23.5 Å². The molecule has 1 unspecified atom stereocenters. The van der Waals surface area contributed by atoms with Crippen LogP contribution in [0.5, 0.6) is 0 Å². The molecule has 7 nitrogen and oxygen atoms in total. The first kappa shape index (κ1) is 21.9. The van der Waals surface area contributed by atoms with Gasteiger partial charge >= 0.3 is 0 Å². The molecule has 2 aromatic rings. The second-order valence-electron chi connectivity index (χ2n) is 7.83. The number of guanidine groups is 1. The van der Waals surface area contributed by atoms with Crippen molar-refractivity contribution in [2.24, 2.45) is 4.99 Å². The maximum Gasteiger partial charge on any atom is 0.191 e. The number of aliphatic imine (C=N–C) groups is 1. The van der Waals surface area contributed by atoms with Crippen molar-refractivity contribution in [1.29, 1.82) is 0 Å². The Hall–Kier alpha value is -2.41. The fourth-order valence-corrected chi connectivity index (χ4v) is 2.86. The predicted octanol–water partition coefficient (Wildman–Crippen LogP) is 2.43. The molecule has 0 saturated heterocycles. The average Bonchev–Trinajstić information content (AvgIpc) is 3.12. The van der Waals surface area contributed by atoms with Crippen molar-refractivity contribution in [2.45, 2.75) is 59.1 Å². The number of aliphatic hydroxyl groups excluding tert-OH is 1. The Kier molecular flexibility index (Phi) is 7.99. The van der Waals surface area contributed by atoms with E-state index >= 15 is 0 Å². The number of nitrogens with one attached hydrogen (secondary N) is 2.